The van der Waals surface area contributed by atoms with Gasteiger partial charge in [0.15, 0.2) is 5.96 Å². The van der Waals surface area contributed by atoms with E-state index in [1.165, 1.54) is 38.5 Å². The minimum absolute atomic E-state index is 0.0309. The largest absolute Gasteiger partial charge is 0.370 e. The van der Waals surface area contributed by atoms with E-state index in [1.807, 2.05) is 6.08 Å². The second-order valence-corrected chi connectivity index (χ2v) is 9.22. The van der Waals surface area contributed by atoms with Crippen LogP contribution >= 0.6 is 0 Å². The molecule has 3 aromatic rings. The van der Waals surface area contributed by atoms with E-state index < -0.39 is 0 Å². The fourth-order valence-electron chi connectivity index (χ4n) is 4.90. The van der Waals surface area contributed by atoms with Crippen LogP contribution in [-0.4, -0.2) is 43.3 Å². The van der Waals surface area contributed by atoms with Gasteiger partial charge in [-0.3, -0.25) is 5.41 Å². The lowest BCUT2D eigenvalue weighted by atomic mass is 9.95. The summed E-state index contributed by atoms with van der Waals surface area (Å²) in [5.41, 5.74) is 12.2. The summed E-state index contributed by atoms with van der Waals surface area (Å²) >= 11 is 0. The molecule has 0 aliphatic carbocycles. The Balaban J connectivity index is 1.70. The van der Waals surface area contributed by atoms with Gasteiger partial charge in [0.25, 0.3) is 0 Å². The van der Waals surface area contributed by atoms with Gasteiger partial charge in [0.05, 0.1) is 0 Å². The molecule has 34 heavy (non-hydrogen) atoms. The normalized spacial score (nSPS) is 14.8. The van der Waals surface area contributed by atoms with E-state index in [9.17, 15) is 0 Å². The lowest BCUT2D eigenvalue weighted by Gasteiger charge is -2.14. The van der Waals surface area contributed by atoms with Crippen LogP contribution in [-0.2, 0) is 6.54 Å². The van der Waals surface area contributed by atoms with Crippen LogP contribution in [0.2, 0.25) is 0 Å². The molecule has 1 unspecified atom stereocenters. The van der Waals surface area contributed by atoms with Crippen molar-refractivity contribution in [1.29, 1.82) is 5.41 Å². The van der Waals surface area contributed by atoms with Gasteiger partial charge >= 0.3 is 0 Å². The summed E-state index contributed by atoms with van der Waals surface area (Å²) in [5, 5.41) is 19.8. The van der Waals surface area contributed by atoms with Crippen LogP contribution in [0.25, 0.3) is 27.4 Å². The number of hydrogen-bond donors (Lipinski definition) is 5. The van der Waals surface area contributed by atoms with Crippen molar-refractivity contribution in [2.75, 3.05) is 32.7 Å². The summed E-state index contributed by atoms with van der Waals surface area (Å²) in [5.74, 6) is 0.513. The molecule has 0 amide bonds. The average molecular weight is 459 g/mol. The Morgan fingerprint density at radius 2 is 2.00 bits per heavy atom. The predicted octanol–water partition coefficient (Wildman–Crippen LogP) is 4.31. The second-order valence-electron chi connectivity index (χ2n) is 9.22. The Hall–Kier alpha value is -3.09. The molecule has 0 saturated carbocycles. The summed E-state index contributed by atoms with van der Waals surface area (Å²) < 4.78 is 2.42. The number of nitrogens with zero attached hydrogens (tertiary/aromatic N) is 1. The number of nitrogens with one attached hydrogen (secondary N) is 4. The molecule has 6 N–H and O–H groups in total. The van der Waals surface area contributed by atoms with Gasteiger partial charge in [-0.05, 0) is 79.2 Å². The summed E-state index contributed by atoms with van der Waals surface area (Å²) in [6, 6.07) is 13.9. The Morgan fingerprint density at radius 3 is 2.74 bits per heavy atom. The molecule has 0 saturated heterocycles. The number of fused-ring (bicyclic) bond motifs is 3. The maximum atomic E-state index is 7.41. The van der Waals surface area contributed by atoms with Crippen LogP contribution in [0.5, 0.6) is 0 Å². The molecular formula is C28H38N6. The number of aryl methyl sites for hydroxylation is 1. The van der Waals surface area contributed by atoms with E-state index >= 15 is 0 Å². The van der Waals surface area contributed by atoms with Crippen molar-refractivity contribution in [3.8, 4) is 0 Å². The standard InChI is InChI=1S/C28H38N6/c1-3-12-31-14-9-20(2)22-5-7-26-24(18-22)25-19-23(21-10-15-32-16-11-21)6-8-27(25)34(26)17-4-13-33-28(29)30/h3,5-8,10,18-20,31-32H,1,4,9,11-17H2,2H3,(H4,29,30,33). The van der Waals surface area contributed by atoms with E-state index in [4.69, 9.17) is 11.1 Å². The first kappa shape index (κ1) is 24.0. The summed E-state index contributed by atoms with van der Waals surface area (Å²) in [6.07, 6.45) is 7.30. The topological polar surface area (TPSA) is 90.9 Å². The van der Waals surface area contributed by atoms with Crippen molar-refractivity contribution in [2.24, 2.45) is 5.73 Å². The Morgan fingerprint density at radius 1 is 1.21 bits per heavy atom. The maximum Gasteiger partial charge on any atom is 0.185 e. The quantitative estimate of drug-likeness (QED) is 0.128. The second kappa shape index (κ2) is 11.4. The fourth-order valence-corrected chi connectivity index (χ4v) is 4.90. The first-order valence-corrected chi connectivity index (χ1v) is 12.4. The van der Waals surface area contributed by atoms with E-state index in [0.29, 0.717) is 12.5 Å². The lowest BCUT2D eigenvalue weighted by Crippen LogP contribution is -2.31. The zero-order valence-electron chi connectivity index (χ0n) is 20.3. The Kier molecular flexibility index (Phi) is 8.03. The number of benzene rings is 2. The highest BCUT2D eigenvalue weighted by molar-refractivity contribution is 6.09. The first-order valence-electron chi connectivity index (χ1n) is 12.4. The van der Waals surface area contributed by atoms with E-state index in [2.05, 4.69) is 76.5 Å². The third-order valence-corrected chi connectivity index (χ3v) is 6.81. The molecule has 6 heteroatoms. The molecular weight excluding hydrogens is 420 g/mol. The van der Waals surface area contributed by atoms with Crippen molar-refractivity contribution in [3.05, 3.63) is 66.3 Å². The van der Waals surface area contributed by atoms with Gasteiger partial charge in [0.2, 0.25) is 0 Å². The molecule has 0 fully saturated rings. The van der Waals surface area contributed by atoms with Gasteiger partial charge in [-0.2, -0.15) is 0 Å². The van der Waals surface area contributed by atoms with Gasteiger partial charge in [0, 0.05) is 48.0 Å². The molecule has 0 spiro atoms. The van der Waals surface area contributed by atoms with Gasteiger partial charge in [-0.25, -0.2) is 0 Å². The Labute approximate surface area is 202 Å². The molecule has 0 bridgehead atoms. The van der Waals surface area contributed by atoms with Crippen LogP contribution in [0.3, 0.4) is 0 Å². The summed E-state index contributed by atoms with van der Waals surface area (Å²) in [6.45, 7) is 11.5. The maximum absolute atomic E-state index is 7.41. The molecule has 1 aliphatic heterocycles. The van der Waals surface area contributed by atoms with Gasteiger partial charge in [-0.15, -0.1) is 6.58 Å². The smallest absolute Gasteiger partial charge is 0.185 e. The van der Waals surface area contributed by atoms with Crippen molar-refractivity contribution in [3.63, 3.8) is 0 Å². The number of hydrogen-bond acceptors (Lipinski definition) is 3. The molecule has 1 aromatic heterocycles. The average Bonchev–Trinajstić information content (AvgIpc) is 3.17. The molecule has 0 radical (unpaired) electrons. The number of guanidine groups is 1. The SMILES string of the molecule is C=CCNCCC(C)c1ccc2c(c1)c1cc(C3=CCNCC3)ccc1n2CCCNC(=N)N. The van der Waals surface area contributed by atoms with Gasteiger partial charge < -0.3 is 26.3 Å². The predicted molar refractivity (Wildman–Crippen MR) is 146 cm³/mol. The van der Waals surface area contributed by atoms with Crippen LogP contribution in [0, 0.1) is 5.41 Å². The minimum Gasteiger partial charge on any atom is -0.370 e. The van der Waals surface area contributed by atoms with Crippen molar-refractivity contribution < 1.29 is 0 Å². The van der Waals surface area contributed by atoms with Crippen LogP contribution in [0.4, 0.5) is 0 Å². The van der Waals surface area contributed by atoms with E-state index in [-0.39, 0.29) is 5.96 Å². The van der Waals surface area contributed by atoms with Crippen molar-refractivity contribution in [2.45, 2.75) is 38.6 Å². The third-order valence-electron chi connectivity index (χ3n) is 6.81. The number of nitrogens with two attached hydrogens (primary N) is 1. The highest BCUT2D eigenvalue weighted by atomic mass is 15.0. The molecule has 6 nitrogen and oxygen atoms in total. The molecule has 1 atom stereocenters. The third kappa shape index (κ3) is 5.51. The molecule has 1 aliphatic rings. The number of rotatable bonds is 11. The highest BCUT2D eigenvalue weighted by Crippen LogP contribution is 2.34. The van der Waals surface area contributed by atoms with Crippen LogP contribution < -0.4 is 21.7 Å². The molecule has 2 aromatic carbocycles. The Bertz CT molecular complexity index is 1190. The molecule has 180 valence electrons. The van der Waals surface area contributed by atoms with Crippen molar-refractivity contribution in [1.82, 2.24) is 20.5 Å². The monoisotopic (exact) mass is 458 g/mol. The zero-order chi connectivity index (χ0) is 23.9. The van der Waals surface area contributed by atoms with E-state index in [0.717, 1.165) is 52.0 Å². The van der Waals surface area contributed by atoms with Crippen LogP contribution in [0.15, 0.2) is 55.1 Å². The fraction of sp³-hybridized carbons (Fsp3) is 0.393. The van der Waals surface area contributed by atoms with Gasteiger partial charge in [-0.1, -0.05) is 31.2 Å². The van der Waals surface area contributed by atoms with Crippen LogP contribution in [0.1, 0.15) is 43.2 Å². The first-order chi connectivity index (χ1) is 16.6. The minimum atomic E-state index is 0.0309. The molecule has 2 heterocycles. The summed E-state index contributed by atoms with van der Waals surface area (Å²) in [4.78, 5) is 0. The van der Waals surface area contributed by atoms with Gasteiger partial charge in [0.1, 0.15) is 0 Å². The lowest BCUT2D eigenvalue weighted by molar-refractivity contribution is 0.620. The van der Waals surface area contributed by atoms with E-state index in [1.54, 1.807) is 0 Å². The number of aromatic nitrogens is 1. The summed E-state index contributed by atoms with van der Waals surface area (Å²) in [7, 11) is 0. The molecule has 4 rings (SSSR count). The zero-order valence-corrected chi connectivity index (χ0v) is 20.3. The highest BCUT2D eigenvalue weighted by Gasteiger charge is 2.15. The van der Waals surface area contributed by atoms with Crippen molar-refractivity contribution >= 4 is 33.3 Å².